The van der Waals surface area contributed by atoms with Crippen LogP contribution >= 0.6 is 11.3 Å². The van der Waals surface area contributed by atoms with Gasteiger partial charge in [-0.25, -0.2) is 0 Å². The third kappa shape index (κ3) is 2.97. The Balaban J connectivity index is 1.60. The molecule has 112 valence electrons. The van der Waals surface area contributed by atoms with E-state index in [1.54, 1.807) is 17.5 Å². The zero-order chi connectivity index (χ0) is 15.5. The average Bonchev–Trinajstić information content (AvgIpc) is 3.35. The molecule has 3 heterocycles. The normalized spacial score (nSPS) is 11.3. The summed E-state index contributed by atoms with van der Waals surface area (Å²) in [4.78, 5) is 5.56. The smallest absolute Gasteiger partial charge is 0.250 e. The van der Waals surface area contributed by atoms with Crippen LogP contribution in [-0.2, 0) is 0 Å². The van der Waals surface area contributed by atoms with E-state index in [9.17, 15) is 0 Å². The molecule has 0 unspecified atom stereocenters. The molecule has 3 aromatic heterocycles. The first-order valence-corrected chi connectivity index (χ1v) is 7.92. The molecule has 0 spiro atoms. The van der Waals surface area contributed by atoms with Crippen LogP contribution in [0.25, 0.3) is 34.8 Å². The van der Waals surface area contributed by atoms with Crippen molar-refractivity contribution in [3.63, 3.8) is 0 Å². The second-order valence-electron chi connectivity index (χ2n) is 4.86. The third-order valence-corrected chi connectivity index (χ3v) is 4.15. The maximum absolute atomic E-state index is 5.28. The molecule has 5 nitrogen and oxygen atoms in total. The topological polar surface area (TPSA) is 67.6 Å². The summed E-state index contributed by atoms with van der Waals surface area (Å²) in [7, 11) is 0. The molecule has 0 saturated heterocycles. The van der Waals surface area contributed by atoms with Crippen molar-refractivity contribution in [2.75, 3.05) is 0 Å². The van der Waals surface area contributed by atoms with Crippen LogP contribution in [0.4, 0.5) is 0 Å². The van der Waals surface area contributed by atoms with E-state index in [0.717, 1.165) is 21.7 Å². The number of aromatic amines is 1. The first kappa shape index (κ1) is 13.7. The molecule has 0 bridgehead atoms. The molecule has 0 amide bonds. The van der Waals surface area contributed by atoms with Crippen LogP contribution in [0, 0.1) is 0 Å². The van der Waals surface area contributed by atoms with Gasteiger partial charge in [-0.1, -0.05) is 29.4 Å². The van der Waals surface area contributed by atoms with Crippen molar-refractivity contribution in [1.82, 2.24) is 20.3 Å². The van der Waals surface area contributed by atoms with Crippen molar-refractivity contribution < 1.29 is 4.52 Å². The second-order valence-corrected chi connectivity index (χ2v) is 5.84. The Morgan fingerprint density at radius 2 is 2.00 bits per heavy atom. The van der Waals surface area contributed by atoms with Crippen molar-refractivity contribution in [1.29, 1.82) is 0 Å². The van der Waals surface area contributed by atoms with Gasteiger partial charge in [-0.2, -0.15) is 10.1 Å². The number of hydrogen-bond acceptors (Lipinski definition) is 5. The lowest BCUT2D eigenvalue weighted by molar-refractivity contribution is 0.411. The molecule has 1 aromatic carbocycles. The van der Waals surface area contributed by atoms with Gasteiger partial charge in [-0.15, -0.1) is 11.3 Å². The van der Waals surface area contributed by atoms with Gasteiger partial charge in [0.25, 0.3) is 5.89 Å². The highest BCUT2D eigenvalue weighted by Gasteiger charge is 2.08. The molecule has 0 saturated carbocycles. The Kier molecular flexibility index (Phi) is 3.57. The van der Waals surface area contributed by atoms with Crippen LogP contribution < -0.4 is 0 Å². The van der Waals surface area contributed by atoms with E-state index >= 15 is 0 Å². The van der Waals surface area contributed by atoms with E-state index in [0.29, 0.717) is 11.7 Å². The molecule has 0 fully saturated rings. The van der Waals surface area contributed by atoms with Crippen LogP contribution in [0.2, 0.25) is 0 Å². The summed E-state index contributed by atoms with van der Waals surface area (Å²) in [6.45, 7) is 0. The Morgan fingerprint density at radius 3 is 2.83 bits per heavy atom. The molecule has 4 rings (SSSR count). The van der Waals surface area contributed by atoms with Crippen LogP contribution in [0.3, 0.4) is 0 Å². The average molecular weight is 320 g/mol. The molecule has 0 aliphatic heterocycles. The van der Waals surface area contributed by atoms with Gasteiger partial charge in [-0.3, -0.25) is 5.10 Å². The van der Waals surface area contributed by atoms with Crippen molar-refractivity contribution in [3.8, 4) is 22.6 Å². The fourth-order valence-corrected chi connectivity index (χ4v) is 2.82. The number of aromatic nitrogens is 4. The summed E-state index contributed by atoms with van der Waals surface area (Å²) < 4.78 is 5.28. The SMILES string of the molecule is C(=C\c1cccs1)/c1nc(-c2cccc(-c3ccn[nH]3)c2)no1. The van der Waals surface area contributed by atoms with Gasteiger partial charge in [0.2, 0.25) is 5.82 Å². The molecule has 23 heavy (non-hydrogen) atoms. The maximum Gasteiger partial charge on any atom is 0.250 e. The van der Waals surface area contributed by atoms with E-state index < -0.39 is 0 Å². The van der Waals surface area contributed by atoms with Gasteiger partial charge in [-0.05, 0) is 29.7 Å². The predicted molar refractivity (Wildman–Crippen MR) is 90.6 cm³/mol. The van der Waals surface area contributed by atoms with Gasteiger partial charge in [0.15, 0.2) is 0 Å². The second kappa shape index (κ2) is 6.02. The number of thiophene rings is 1. The maximum atomic E-state index is 5.28. The fraction of sp³-hybridized carbons (Fsp3) is 0. The summed E-state index contributed by atoms with van der Waals surface area (Å²) in [6, 6.07) is 13.9. The molecule has 0 aliphatic carbocycles. The molecule has 6 heteroatoms. The molecule has 0 atom stereocenters. The van der Waals surface area contributed by atoms with Crippen LogP contribution in [-0.4, -0.2) is 20.3 Å². The Bertz CT molecular complexity index is 923. The Labute approximate surface area is 136 Å². The standard InChI is InChI=1S/C17H12N4OS/c1-3-12(15-8-9-18-20-15)11-13(4-1)17-19-16(22-21-17)7-6-14-5-2-10-23-14/h1-11H,(H,18,20)/b7-6+. The van der Waals surface area contributed by atoms with Crippen LogP contribution in [0.5, 0.6) is 0 Å². The quantitative estimate of drug-likeness (QED) is 0.606. The van der Waals surface area contributed by atoms with E-state index in [2.05, 4.69) is 20.3 Å². The first-order valence-electron chi connectivity index (χ1n) is 7.04. The lowest BCUT2D eigenvalue weighted by Gasteiger charge is -1.99. The van der Waals surface area contributed by atoms with E-state index in [4.69, 9.17) is 4.52 Å². The van der Waals surface area contributed by atoms with E-state index in [-0.39, 0.29) is 0 Å². The van der Waals surface area contributed by atoms with Crippen molar-refractivity contribution >= 4 is 23.5 Å². The zero-order valence-electron chi connectivity index (χ0n) is 12.0. The number of nitrogens with zero attached hydrogens (tertiary/aromatic N) is 3. The summed E-state index contributed by atoms with van der Waals surface area (Å²) in [5.41, 5.74) is 2.88. The Morgan fingerprint density at radius 1 is 1.04 bits per heavy atom. The summed E-state index contributed by atoms with van der Waals surface area (Å²) >= 11 is 1.66. The highest BCUT2D eigenvalue weighted by molar-refractivity contribution is 7.10. The monoisotopic (exact) mass is 320 g/mol. The zero-order valence-corrected chi connectivity index (χ0v) is 12.8. The predicted octanol–water partition coefficient (Wildman–Crippen LogP) is 4.36. The van der Waals surface area contributed by atoms with Gasteiger partial charge < -0.3 is 4.52 Å². The number of H-pyrrole nitrogens is 1. The highest BCUT2D eigenvalue weighted by atomic mass is 32.1. The summed E-state index contributed by atoms with van der Waals surface area (Å²) in [5, 5.41) is 13.0. The number of benzene rings is 1. The van der Waals surface area contributed by atoms with Crippen LogP contribution in [0.15, 0.2) is 58.6 Å². The molecular formula is C17H12N4OS. The fourth-order valence-electron chi connectivity index (χ4n) is 2.20. The molecule has 0 aliphatic rings. The number of nitrogens with one attached hydrogen (secondary N) is 1. The minimum Gasteiger partial charge on any atom is -0.334 e. The highest BCUT2D eigenvalue weighted by Crippen LogP contribution is 2.23. The number of hydrogen-bond donors (Lipinski definition) is 1. The summed E-state index contributed by atoms with van der Waals surface area (Å²) in [5.74, 6) is 1.05. The molecular weight excluding hydrogens is 308 g/mol. The van der Waals surface area contributed by atoms with E-state index in [1.165, 1.54) is 0 Å². The van der Waals surface area contributed by atoms with Crippen molar-refractivity contribution in [3.05, 3.63) is 64.8 Å². The number of rotatable bonds is 4. The molecule has 0 radical (unpaired) electrons. The van der Waals surface area contributed by atoms with Crippen molar-refractivity contribution in [2.45, 2.75) is 0 Å². The molecule has 4 aromatic rings. The van der Waals surface area contributed by atoms with Crippen LogP contribution in [0.1, 0.15) is 10.8 Å². The third-order valence-electron chi connectivity index (χ3n) is 3.31. The minimum absolute atomic E-state index is 0.486. The van der Waals surface area contributed by atoms with Gasteiger partial charge in [0, 0.05) is 28.3 Å². The van der Waals surface area contributed by atoms with E-state index in [1.807, 2.05) is 60.0 Å². The molecule has 1 N–H and O–H groups in total. The first-order chi connectivity index (χ1) is 11.4. The van der Waals surface area contributed by atoms with Crippen molar-refractivity contribution in [2.24, 2.45) is 0 Å². The summed E-state index contributed by atoms with van der Waals surface area (Å²) in [6.07, 6.45) is 5.51. The largest absolute Gasteiger partial charge is 0.334 e. The minimum atomic E-state index is 0.486. The lowest BCUT2D eigenvalue weighted by Crippen LogP contribution is -1.83. The van der Waals surface area contributed by atoms with Gasteiger partial charge >= 0.3 is 0 Å². The van der Waals surface area contributed by atoms with Gasteiger partial charge in [0.1, 0.15) is 0 Å². The Hall–Kier alpha value is -2.99. The lowest BCUT2D eigenvalue weighted by atomic mass is 10.1. The van der Waals surface area contributed by atoms with Gasteiger partial charge in [0.05, 0.1) is 5.69 Å².